The molecule has 0 saturated heterocycles. The van der Waals surface area contributed by atoms with E-state index < -0.39 is 6.04 Å². The fourth-order valence-corrected chi connectivity index (χ4v) is 4.51. The van der Waals surface area contributed by atoms with Gasteiger partial charge in [0, 0.05) is 22.8 Å². The van der Waals surface area contributed by atoms with Crippen molar-refractivity contribution in [3.8, 4) is 22.0 Å². The van der Waals surface area contributed by atoms with Crippen molar-refractivity contribution in [1.82, 2.24) is 30.6 Å². The zero-order valence-electron chi connectivity index (χ0n) is 19.1. The van der Waals surface area contributed by atoms with E-state index in [-0.39, 0.29) is 11.8 Å². The predicted octanol–water partition coefficient (Wildman–Crippen LogP) is 5.14. The molecule has 172 valence electrons. The SMILES string of the molecule is Cc1ccc(-c2cc(C(=O)NC(c3nc(-c4ccncc4)no3)C(C)C)c3c(C)noc3n2)s1. The third kappa shape index (κ3) is 4.08. The van der Waals surface area contributed by atoms with Crippen LogP contribution in [-0.2, 0) is 0 Å². The van der Waals surface area contributed by atoms with Crippen LogP contribution in [-0.4, -0.2) is 31.2 Å². The summed E-state index contributed by atoms with van der Waals surface area (Å²) in [5.41, 5.74) is 2.80. The predicted molar refractivity (Wildman–Crippen MR) is 127 cm³/mol. The highest BCUT2D eigenvalue weighted by Crippen LogP contribution is 2.32. The number of thiophene rings is 1. The van der Waals surface area contributed by atoms with E-state index >= 15 is 0 Å². The van der Waals surface area contributed by atoms with Gasteiger partial charge in [0.1, 0.15) is 6.04 Å². The summed E-state index contributed by atoms with van der Waals surface area (Å²) in [7, 11) is 0. The summed E-state index contributed by atoms with van der Waals surface area (Å²) in [6, 6.07) is 8.88. The fraction of sp³-hybridized carbons (Fsp3) is 0.250. The topological polar surface area (TPSA) is 120 Å². The van der Waals surface area contributed by atoms with E-state index in [1.807, 2.05) is 32.9 Å². The molecule has 5 aromatic rings. The Morgan fingerprint density at radius 2 is 1.82 bits per heavy atom. The Morgan fingerprint density at radius 3 is 2.53 bits per heavy atom. The van der Waals surface area contributed by atoms with E-state index in [0.717, 1.165) is 15.3 Å². The quantitative estimate of drug-likeness (QED) is 0.359. The van der Waals surface area contributed by atoms with Crippen molar-refractivity contribution in [1.29, 1.82) is 0 Å². The largest absolute Gasteiger partial charge is 0.340 e. The Morgan fingerprint density at radius 1 is 1.03 bits per heavy atom. The van der Waals surface area contributed by atoms with Gasteiger partial charge in [-0.3, -0.25) is 9.78 Å². The zero-order chi connectivity index (χ0) is 23.8. The van der Waals surface area contributed by atoms with Crippen molar-refractivity contribution in [3.63, 3.8) is 0 Å². The van der Waals surface area contributed by atoms with Crippen LogP contribution in [0, 0.1) is 19.8 Å². The van der Waals surface area contributed by atoms with Crippen LogP contribution in [0.3, 0.4) is 0 Å². The first-order valence-corrected chi connectivity index (χ1v) is 11.6. The fourth-order valence-electron chi connectivity index (χ4n) is 3.68. The maximum absolute atomic E-state index is 13.6. The molecule has 0 bridgehead atoms. The molecule has 5 rings (SSSR count). The molecule has 1 unspecified atom stereocenters. The van der Waals surface area contributed by atoms with Crippen molar-refractivity contribution in [3.05, 3.63) is 64.8 Å². The summed E-state index contributed by atoms with van der Waals surface area (Å²) in [4.78, 5) is 28.8. The summed E-state index contributed by atoms with van der Waals surface area (Å²) in [5.74, 6) is 0.469. The highest BCUT2D eigenvalue weighted by molar-refractivity contribution is 7.15. The number of rotatable bonds is 6. The molecule has 0 saturated carbocycles. The molecule has 1 amide bonds. The average Bonchev–Trinajstić information content (AvgIpc) is 3.57. The summed E-state index contributed by atoms with van der Waals surface area (Å²) in [5, 5.41) is 11.8. The molecule has 10 heteroatoms. The average molecular weight is 475 g/mol. The molecule has 0 radical (unpaired) electrons. The minimum Gasteiger partial charge on any atom is -0.340 e. The standard InChI is InChI=1S/C24H22N6O3S/c1-12(2)20(24-28-21(30-33-24)15-7-9-25-10-8-15)27-22(31)16-11-17(18-6-5-13(3)34-18)26-23-19(16)14(4)29-32-23/h5-12,20H,1-4H3,(H,27,31). The first-order valence-electron chi connectivity index (χ1n) is 10.8. The van der Waals surface area contributed by atoms with Crippen molar-refractivity contribution >= 4 is 28.3 Å². The molecule has 1 atom stereocenters. The molecule has 0 aromatic carbocycles. The Balaban J connectivity index is 1.50. The maximum Gasteiger partial charge on any atom is 0.259 e. The van der Waals surface area contributed by atoms with Crippen LogP contribution in [0.5, 0.6) is 0 Å². The molecule has 9 nitrogen and oxygen atoms in total. The molecule has 5 aromatic heterocycles. The summed E-state index contributed by atoms with van der Waals surface area (Å²) < 4.78 is 10.9. The summed E-state index contributed by atoms with van der Waals surface area (Å²) in [6.07, 6.45) is 3.32. The van der Waals surface area contributed by atoms with E-state index in [1.165, 1.54) is 0 Å². The third-order valence-corrected chi connectivity index (χ3v) is 6.48. The minimum atomic E-state index is -0.494. The second-order valence-corrected chi connectivity index (χ2v) is 9.59. The monoisotopic (exact) mass is 474 g/mol. The van der Waals surface area contributed by atoms with Crippen LogP contribution < -0.4 is 5.32 Å². The first kappa shape index (κ1) is 21.9. The number of carbonyl (C=O) groups is 1. The Kier molecular flexibility index (Phi) is 5.66. The number of fused-ring (bicyclic) bond motifs is 1. The first-order chi connectivity index (χ1) is 16.4. The highest BCUT2D eigenvalue weighted by atomic mass is 32.1. The lowest BCUT2D eigenvalue weighted by Gasteiger charge is -2.19. The van der Waals surface area contributed by atoms with Crippen LogP contribution in [0.25, 0.3) is 33.1 Å². The van der Waals surface area contributed by atoms with Crippen LogP contribution in [0.1, 0.15) is 46.7 Å². The Labute approximate surface area is 199 Å². The summed E-state index contributed by atoms with van der Waals surface area (Å²) in [6.45, 7) is 7.77. The Hall–Kier alpha value is -3.92. The Bertz CT molecular complexity index is 1470. The zero-order valence-corrected chi connectivity index (χ0v) is 19.9. The van der Waals surface area contributed by atoms with Gasteiger partial charge in [0.25, 0.3) is 11.6 Å². The number of aryl methyl sites for hydroxylation is 2. The number of amides is 1. The number of nitrogens with zero attached hydrogens (tertiary/aromatic N) is 5. The number of hydrogen-bond acceptors (Lipinski definition) is 9. The molecular formula is C24H22N6O3S. The molecule has 0 aliphatic rings. The van der Waals surface area contributed by atoms with Gasteiger partial charge in [-0.25, -0.2) is 4.98 Å². The molecular weight excluding hydrogens is 452 g/mol. The van der Waals surface area contributed by atoms with Gasteiger partial charge in [0.15, 0.2) is 0 Å². The molecule has 0 aliphatic heterocycles. The lowest BCUT2D eigenvalue weighted by Crippen LogP contribution is -2.32. The van der Waals surface area contributed by atoms with Crippen LogP contribution in [0.2, 0.25) is 0 Å². The smallest absolute Gasteiger partial charge is 0.259 e. The van der Waals surface area contributed by atoms with Crippen molar-refractivity contribution in [2.24, 2.45) is 5.92 Å². The van der Waals surface area contributed by atoms with Crippen molar-refractivity contribution in [2.75, 3.05) is 0 Å². The van der Waals surface area contributed by atoms with Crippen LogP contribution >= 0.6 is 11.3 Å². The van der Waals surface area contributed by atoms with Crippen molar-refractivity contribution < 1.29 is 13.8 Å². The van der Waals surface area contributed by atoms with Gasteiger partial charge in [0.05, 0.1) is 27.2 Å². The lowest BCUT2D eigenvalue weighted by atomic mass is 10.0. The van der Waals surface area contributed by atoms with Gasteiger partial charge in [-0.1, -0.05) is 24.2 Å². The van der Waals surface area contributed by atoms with E-state index in [0.29, 0.717) is 39.8 Å². The van der Waals surface area contributed by atoms with E-state index in [9.17, 15) is 4.79 Å². The van der Waals surface area contributed by atoms with Crippen LogP contribution in [0.4, 0.5) is 0 Å². The molecule has 0 fully saturated rings. The van der Waals surface area contributed by atoms with Gasteiger partial charge >= 0.3 is 0 Å². The number of hydrogen-bond donors (Lipinski definition) is 1. The van der Waals surface area contributed by atoms with Gasteiger partial charge in [0.2, 0.25) is 11.7 Å². The molecule has 5 heterocycles. The highest BCUT2D eigenvalue weighted by Gasteiger charge is 2.28. The second-order valence-electron chi connectivity index (χ2n) is 8.30. The molecule has 0 aliphatic carbocycles. The number of carbonyl (C=O) groups excluding carboxylic acids is 1. The molecule has 1 N–H and O–H groups in total. The number of pyridine rings is 2. The minimum absolute atomic E-state index is 0.00462. The van der Waals surface area contributed by atoms with Crippen molar-refractivity contribution in [2.45, 2.75) is 33.7 Å². The number of nitrogens with one attached hydrogen (secondary N) is 1. The van der Waals surface area contributed by atoms with E-state index in [1.54, 1.807) is 48.9 Å². The van der Waals surface area contributed by atoms with Gasteiger partial charge < -0.3 is 14.4 Å². The normalized spacial score (nSPS) is 12.4. The molecule has 0 spiro atoms. The van der Waals surface area contributed by atoms with Gasteiger partial charge in [-0.2, -0.15) is 4.98 Å². The van der Waals surface area contributed by atoms with Crippen LogP contribution in [0.15, 0.2) is 51.8 Å². The van der Waals surface area contributed by atoms with E-state index in [4.69, 9.17) is 9.05 Å². The van der Waals surface area contributed by atoms with Gasteiger partial charge in [-0.05, 0) is 50.1 Å². The number of aromatic nitrogens is 5. The summed E-state index contributed by atoms with van der Waals surface area (Å²) >= 11 is 1.60. The maximum atomic E-state index is 13.6. The van der Waals surface area contributed by atoms with Gasteiger partial charge in [-0.15, -0.1) is 11.3 Å². The second kappa shape index (κ2) is 8.79. The lowest BCUT2D eigenvalue weighted by molar-refractivity contribution is 0.0915. The van der Waals surface area contributed by atoms with E-state index in [2.05, 4.69) is 30.6 Å². The molecule has 34 heavy (non-hydrogen) atoms. The third-order valence-electron chi connectivity index (χ3n) is 5.45.